The summed E-state index contributed by atoms with van der Waals surface area (Å²) in [4.78, 5) is 6.95. The molecule has 2 atom stereocenters. The van der Waals surface area contributed by atoms with Gasteiger partial charge in [-0.05, 0) is 5.56 Å². The van der Waals surface area contributed by atoms with Gasteiger partial charge in [0, 0.05) is 12.4 Å². The average Bonchev–Trinajstić information content (AvgIpc) is 2.89. The van der Waals surface area contributed by atoms with Crippen molar-refractivity contribution in [2.45, 2.75) is 16.8 Å². The van der Waals surface area contributed by atoms with Crippen LogP contribution in [0.25, 0.3) is 0 Å². The summed E-state index contributed by atoms with van der Waals surface area (Å²) in [6, 6.07) is 9.77. The van der Waals surface area contributed by atoms with Gasteiger partial charge >= 0.3 is 0 Å². The zero-order chi connectivity index (χ0) is 12.1. The molecule has 90 valence electrons. The molecule has 0 spiro atoms. The predicted octanol–water partition coefficient (Wildman–Crippen LogP) is 2.42. The second-order valence-corrected chi connectivity index (χ2v) is 4.89. The minimum atomic E-state index is -0.844. The van der Waals surface area contributed by atoms with Gasteiger partial charge in [0.1, 0.15) is 12.4 Å². The number of nitrogens with one attached hydrogen (secondary N) is 1. The lowest BCUT2D eigenvalue weighted by molar-refractivity contribution is -0.107. The van der Waals surface area contributed by atoms with Gasteiger partial charge in [0.2, 0.25) is 0 Å². The largest absolute Gasteiger partial charge is 0.367 e. The van der Waals surface area contributed by atoms with Gasteiger partial charge in [-0.2, -0.15) is 0 Å². The average molecular weight is 344 g/mol. The fraction of sp³-hybridized carbons (Fsp3) is 0.250. The number of nitrogens with zero attached hydrogens (tertiary/aromatic N) is 1. The molecule has 4 nitrogen and oxygen atoms in total. The van der Waals surface area contributed by atoms with E-state index in [1.165, 1.54) is 0 Å². The molecule has 0 aliphatic carbocycles. The minimum Gasteiger partial charge on any atom is -0.367 e. The molecular formula is C12H13IN2O2. The van der Waals surface area contributed by atoms with E-state index >= 15 is 0 Å². The molecule has 0 bridgehead atoms. The van der Waals surface area contributed by atoms with Crippen molar-refractivity contribution in [1.29, 1.82) is 0 Å². The number of halogens is 1. The first-order valence-corrected chi connectivity index (χ1v) is 6.49. The Labute approximate surface area is 113 Å². The number of aromatic nitrogens is 2. The van der Waals surface area contributed by atoms with Gasteiger partial charge in [-0.3, -0.25) is 0 Å². The molecule has 0 saturated heterocycles. The van der Waals surface area contributed by atoms with Gasteiger partial charge < -0.3 is 14.8 Å². The number of aliphatic hydroxyl groups excluding tert-OH is 1. The lowest BCUT2D eigenvalue weighted by Gasteiger charge is -2.17. The first kappa shape index (κ1) is 12.5. The van der Waals surface area contributed by atoms with Crippen molar-refractivity contribution in [1.82, 2.24) is 9.97 Å². The van der Waals surface area contributed by atoms with E-state index in [1.807, 2.05) is 30.3 Å². The highest BCUT2D eigenvalue weighted by Gasteiger charge is 2.18. The van der Waals surface area contributed by atoms with E-state index in [4.69, 9.17) is 4.74 Å². The van der Waals surface area contributed by atoms with Crippen LogP contribution in [-0.4, -0.2) is 21.4 Å². The second kappa shape index (κ2) is 6.13. The lowest BCUT2D eigenvalue weighted by atomic mass is 10.1. The van der Waals surface area contributed by atoms with Crippen molar-refractivity contribution in [2.24, 2.45) is 0 Å². The number of hydrogen-bond acceptors (Lipinski definition) is 3. The number of aliphatic hydroxyl groups is 1. The van der Waals surface area contributed by atoms with E-state index in [2.05, 4.69) is 32.6 Å². The molecule has 17 heavy (non-hydrogen) atoms. The predicted molar refractivity (Wildman–Crippen MR) is 72.6 cm³/mol. The molecule has 1 aromatic heterocycles. The van der Waals surface area contributed by atoms with Gasteiger partial charge in [0.05, 0.1) is 3.92 Å². The molecule has 2 N–H and O–H groups in total. The molecule has 0 radical (unpaired) electrons. The van der Waals surface area contributed by atoms with Crippen LogP contribution in [0.1, 0.15) is 15.3 Å². The minimum absolute atomic E-state index is 0.0937. The number of H-pyrrole nitrogens is 1. The lowest BCUT2D eigenvalue weighted by Crippen LogP contribution is -2.17. The first-order chi connectivity index (χ1) is 8.27. The molecule has 0 amide bonds. The molecular weight excluding hydrogens is 331 g/mol. The van der Waals surface area contributed by atoms with Crippen LogP contribution in [0.4, 0.5) is 0 Å². The number of imidazole rings is 1. The highest BCUT2D eigenvalue weighted by atomic mass is 127. The normalized spacial score (nSPS) is 14.5. The number of rotatable bonds is 5. The van der Waals surface area contributed by atoms with Crippen LogP contribution in [-0.2, 0) is 11.3 Å². The van der Waals surface area contributed by atoms with Crippen LogP contribution in [0.2, 0.25) is 0 Å². The standard InChI is InChI=1S/C12H13IN2O2/c13-11(9-4-2-1-3-5-9)12(16)17-8-10-14-6-7-15-10/h1-7,11-12,16H,8H2,(H,14,15). The van der Waals surface area contributed by atoms with Crippen molar-refractivity contribution in [2.75, 3.05) is 0 Å². The van der Waals surface area contributed by atoms with E-state index in [0.29, 0.717) is 5.82 Å². The van der Waals surface area contributed by atoms with Crippen molar-refractivity contribution in [3.05, 3.63) is 54.1 Å². The van der Waals surface area contributed by atoms with Crippen LogP contribution in [0, 0.1) is 0 Å². The third-order valence-corrected chi connectivity index (χ3v) is 3.65. The van der Waals surface area contributed by atoms with Crippen molar-refractivity contribution in [3.63, 3.8) is 0 Å². The van der Waals surface area contributed by atoms with Crippen LogP contribution < -0.4 is 0 Å². The Balaban J connectivity index is 1.89. The van der Waals surface area contributed by atoms with E-state index in [-0.39, 0.29) is 10.5 Å². The maximum atomic E-state index is 9.90. The summed E-state index contributed by atoms with van der Waals surface area (Å²) in [5, 5.41) is 9.90. The molecule has 2 rings (SSSR count). The molecule has 2 unspecified atom stereocenters. The van der Waals surface area contributed by atoms with E-state index in [0.717, 1.165) is 5.56 Å². The molecule has 5 heteroatoms. The zero-order valence-corrected chi connectivity index (χ0v) is 11.2. The van der Waals surface area contributed by atoms with Gasteiger partial charge in [0.25, 0.3) is 0 Å². The smallest absolute Gasteiger partial charge is 0.171 e. The molecule has 1 aromatic carbocycles. The second-order valence-electron chi connectivity index (χ2n) is 3.55. The van der Waals surface area contributed by atoms with Gasteiger partial charge in [-0.1, -0.05) is 52.9 Å². The number of alkyl halides is 1. The molecule has 0 aliphatic heterocycles. The fourth-order valence-electron chi connectivity index (χ4n) is 1.43. The summed E-state index contributed by atoms with van der Waals surface area (Å²) < 4.78 is 5.26. The Morgan fingerprint density at radius 1 is 1.35 bits per heavy atom. The summed E-state index contributed by atoms with van der Waals surface area (Å²) >= 11 is 2.17. The SMILES string of the molecule is OC(OCc1ncc[nH]1)C(I)c1ccccc1. The number of hydrogen-bond donors (Lipinski definition) is 2. The Kier molecular flexibility index (Phi) is 4.52. The quantitative estimate of drug-likeness (QED) is 0.498. The van der Waals surface area contributed by atoms with Gasteiger partial charge in [0.15, 0.2) is 6.29 Å². The number of aromatic amines is 1. The third-order valence-electron chi connectivity index (χ3n) is 2.31. The summed E-state index contributed by atoms with van der Waals surface area (Å²) in [5.41, 5.74) is 1.04. The monoisotopic (exact) mass is 344 g/mol. The van der Waals surface area contributed by atoms with Crippen molar-refractivity contribution in [3.8, 4) is 0 Å². The van der Waals surface area contributed by atoms with Crippen LogP contribution in [0.3, 0.4) is 0 Å². The number of ether oxygens (including phenoxy) is 1. The maximum absolute atomic E-state index is 9.90. The molecule has 1 heterocycles. The van der Waals surface area contributed by atoms with Crippen LogP contribution >= 0.6 is 22.6 Å². The highest BCUT2D eigenvalue weighted by molar-refractivity contribution is 14.1. The Hall–Kier alpha value is -0.920. The summed E-state index contributed by atoms with van der Waals surface area (Å²) in [6.45, 7) is 0.278. The summed E-state index contributed by atoms with van der Waals surface area (Å²) in [7, 11) is 0. The Morgan fingerprint density at radius 3 is 2.76 bits per heavy atom. The van der Waals surface area contributed by atoms with Gasteiger partial charge in [-0.15, -0.1) is 0 Å². The zero-order valence-electron chi connectivity index (χ0n) is 9.08. The summed E-state index contributed by atoms with van der Waals surface area (Å²) in [6.07, 6.45) is 2.54. The molecule has 2 aromatic rings. The topological polar surface area (TPSA) is 58.1 Å². The molecule has 0 fully saturated rings. The maximum Gasteiger partial charge on any atom is 0.171 e. The fourth-order valence-corrected chi connectivity index (χ4v) is 2.05. The van der Waals surface area contributed by atoms with E-state index in [9.17, 15) is 5.11 Å². The molecule has 0 aliphatic rings. The van der Waals surface area contributed by atoms with Gasteiger partial charge in [-0.25, -0.2) is 4.98 Å². The van der Waals surface area contributed by atoms with E-state index in [1.54, 1.807) is 12.4 Å². The first-order valence-electron chi connectivity index (χ1n) is 5.24. The third kappa shape index (κ3) is 3.52. The molecule has 0 saturated carbocycles. The van der Waals surface area contributed by atoms with Crippen LogP contribution in [0.5, 0.6) is 0 Å². The van der Waals surface area contributed by atoms with Crippen LogP contribution in [0.15, 0.2) is 42.7 Å². The number of benzene rings is 1. The van der Waals surface area contributed by atoms with Crippen molar-refractivity contribution >= 4 is 22.6 Å². The highest BCUT2D eigenvalue weighted by Crippen LogP contribution is 2.27. The van der Waals surface area contributed by atoms with E-state index < -0.39 is 6.29 Å². The van der Waals surface area contributed by atoms with Crippen molar-refractivity contribution < 1.29 is 9.84 Å². The summed E-state index contributed by atoms with van der Waals surface area (Å²) in [5.74, 6) is 0.709. The Morgan fingerprint density at radius 2 is 2.12 bits per heavy atom. The Bertz CT molecular complexity index is 433.